The van der Waals surface area contributed by atoms with E-state index in [2.05, 4.69) is 10.3 Å². The summed E-state index contributed by atoms with van der Waals surface area (Å²) in [5.74, 6) is 0.103. The maximum atomic E-state index is 10.8. The third-order valence-corrected chi connectivity index (χ3v) is 3.46. The first-order valence-corrected chi connectivity index (χ1v) is 5.43. The Bertz CT molecular complexity index is 714. The normalized spacial score (nSPS) is 11.3. The van der Waals surface area contributed by atoms with Crippen molar-refractivity contribution in [1.82, 2.24) is 5.16 Å². The molecule has 3 aromatic rings. The van der Waals surface area contributed by atoms with Crippen LogP contribution in [-0.2, 0) is 0 Å². The molecule has 0 fully saturated rings. The number of aromatic nitrogens is 1. The Balaban J connectivity index is 2.70. The van der Waals surface area contributed by atoms with Gasteiger partial charge in [0.15, 0.2) is 5.69 Å². The fraction of sp³-hybridized carbons (Fsp3) is 0.100. The molecule has 2 heterocycles. The number of hydrogen-bond donors (Lipinski definition) is 1. The fourth-order valence-electron chi connectivity index (χ4n) is 1.82. The Morgan fingerprint density at radius 1 is 1.56 bits per heavy atom. The lowest BCUT2D eigenvalue weighted by molar-refractivity contribution is 0.451. The lowest BCUT2D eigenvalue weighted by Gasteiger charge is -1.99. The minimum absolute atomic E-state index is 0.103. The molecule has 80 valence electrons. The van der Waals surface area contributed by atoms with Gasteiger partial charge >= 0.3 is 0 Å². The van der Waals surface area contributed by atoms with Gasteiger partial charge in [-0.05, 0) is 23.5 Å². The lowest BCUT2D eigenvalue weighted by Crippen LogP contribution is -1.75. The van der Waals surface area contributed by atoms with E-state index in [-0.39, 0.29) is 17.0 Å². The summed E-state index contributed by atoms with van der Waals surface area (Å²) in [6.45, 7) is 1.71. The van der Waals surface area contributed by atoms with E-state index in [9.17, 15) is 10.0 Å². The van der Waals surface area contributed by atoms with E-state index in [0.717, 1.165) is 0 Å². The second kappa shape index (κ2) is 3.02. The largest absolute Gasteiger partial charge is 0.506 e. The molecule has 0 radical (unpaired) electrons. The van der Waals surface area contributed by atoms with Gasteiger partial charge in [-0.15, -0.1) is 16.2 Å². The topological polar surface area (TPSA) is 75.7 Å². The number of aryl methyl sites for hydroxylation is 1. The van der Waals surface area contributed by atoms with Gasteiger partial charge in [-0.3, -0.25) is 0 Å². The zero-order valence-electron chi connectivity index (χ0n) is 8.22. The average Bonchev–Trinajstić information content (AvgIpc) is 2.87. The molecular weight excluding hydrogens is 228 g/mol. The highest BCUT2D eigenvalue weighted by Crippen LogP contribution is 2.45. The first kappa shape index (κ1) is 9.29. The lowest BCUT2D eigenvalue weighted by atomic mass is 10.1. The summed E-state index contributed by atoms with van der Waals surface area (Å²) < 4.78 is 5.66. The number of fused-ring (bicyclic) bond motifs is 2. The first-order chi connectivity index (χ1) is 7.74. The number of phenolic OH excluding ortho intramolecular Hbond substituents is 1. The second-order valence-corrected chi connectivity index (χ2v) is 4.34. The van der Waals surface area contributed by atoms with Gasteiger partial charge in [0.2, 0.25) is 5.58 Å². The maximum absolute atomic E-state index is 10.8. The monoisotopic (exact) mass is 234 g/mol. The highest BCUT2D eigenvalue weighted by Gasteiger charge is 2.20. The van der Waals surface area contributed by atoms with Gasteiger partial charge in [-0.2, -0.15) is 0 Å². The summed E-state index contributed by atoms with van der Waals surface area (Å²) in [5, 5.41) is 19.6. The van der Waals surface area contributed by atoms with Crippen molar-refractivity contribution in [3.8, 4) is 5.75 Å². The van der Waals surface area contributed by atoms with Crippen molar-refractivity contribution in [2.24, 2.45) is 5.18 Å². The number of benzene rings is 1. The molecule has 16 heavy (non-hydrogen) atoms. The van der Waals surface area contributed by atoms with Crippen molar-refractivity contribution in [3.63, 3.8) is 0 Å². The van der Waals surface area contributed by atoms with Crippen LogP contribution in [0.15, 0.2) is 21.1 Å². The second-order valence-electron chi connectivity index (χ2n) is 3.42. The van der Waals surface area contributed by atoms with E-state index >= 15 is 0 Å². The molecular formula is C10H6N2O3S. The minimum atomic E-state index is 0.103. The van der Waals surface area contributed by atoms with E-state index in [1.807, 2.05) is 0 Å². The molecule has 6 heteroatoms. The molecule has 0 aliphatic rings. The minimum Gasteiger partial charge on any atom is -0.506 e. The summed E-state index contributed by atoms with van der Waals surface area (Å²) in [6.07, 6.45) is 0. The van der Waals surface area contributed by atoms with E-state index in [0.29, 0.717) is 21.2 Å². The summed E-state index contributed by atoms with van der Waals surface area (Å²) in [6, 6.07) is 1.73. The van der Waals surface area contributed by atoms with Crippen molar-refractivity contribution in [2.75, 3.05) is 0 Å². The number of hydrogen-bond acceptors (Lipinski definition) is 6. The number of rotatable bonds is 1. The molecule has 0 aliphatic carbocycles. The molecule has 0 unspecified atom stereocenters. The van der Waals surface area contributed by atoms with Gasteiger partial charge in [0.1, 0.15) is 5.75 Å². The molecule has 0 saturated heterocycles. The highest BCUT2D eigenvalue weighted by atomic mass is 32.1. The molecule has 2 aromatic heterocycles. The molecule has 0 atom stereocenters. The fourth-order valence-corrected chi connectivity index (χ4v) is 2.66. The van der Waals surface area contributed by atoms with Crippen molar-refractivity contribution in [3.05, 3.63) is 22.0 Å². The smallest absolute Gasteiger partial charge is 0.200 e. The molecule has 1 aromatic carbocycles. The van der Waals surface area contributed by atoms with Crippen LogP contribution in [-0.4, -0.2) is 10.3 Å². The quantitative estimate of drug-likeness (QED) is 0.654. The number of nitroso groups, excluding NO2 is 1. The zero-order valence-corrected chi connectivity index (χ0v) is 9.04. The summed E-state index contributed by atoms with van der Waals surface area (Å²) in [4.78, 5) is 10.8. The summed E-state index contributed by atoms with van der Waals surface area (Å²) >= 11 is 1.35. The molecule has 0 aliphatic heterocycles. The van der Waals surface area contributed by atoms with Crippen LogP contribution in [0, 0.1) is 11.8 Å². The Kier molecular flexibility index (Phi) is 1.75. The van der Waals surface area contributed by atoms with Gasteiger partial charge in [-0.25, -0.2) is 0 Å². The van der Waals surface area contributed by atoms with E-state index in [1.165, 1.54) is 11.3 Å². The average molecular weight is 234 g/mol. The maximum Gasteiger partial charge on any atom is 0.200 e. The van der Waals surface area contributed by atoms with Gasteiger partial charge in [0.05, 0.1) is 15.8 Å². The Labute approximate surface area is 93.3 Å². The zero-order chi connectivity index (χ0) is 11.3. The van der Waals surface area contributed by atoms with Gasteiger partial charge in [-0.1, -0.05) is 5.16 Å². The predicted octanol–water partition coefficient (Wildman–Crippen LogP) is 3.45. The Morgan fingerprint density at radius 2 is 2.38 bits per heavy atom. The van der Waals surface area contributed by atoms with Gasteiger partial charge in [0, 0.05) is 5.39 Å². The molecule has 0 amide bonds. The van der Waals surface area contributed by atoms with E-state index in [1.54, 1.807) is 18.4 Å². The molecule has 0 saturated carbocycles. The van der Waals surface area contributed by atoms with Crippen LogP contribution in [0.2, 0.25) is 0 Å². The van der Waals surface area contributed by atoms with Crippen LogP contribution in [0.3, 0.4) is 0 Å². The molecule has 5 nitrogen and oxygen atoms in total. The Morgan fingerprint density at radius 3 is 3.12 bits per heavy atom. The van der Waals surface area contributed by atoms with Crippen LogP contribution >= 0.6 is 11.3 Å². The third kappa shape index (κ3) is 0.965. The molecule has 1 N–H and O–H groups in total. The van der Waals surface area contributed by atoms with Crippen LogP contribution in [0.1, 0.15) is 5.69 Å². The van der Waals surface area contributed by atoms with Crippen LogP contribution < -0.4 is 0 Å². The highest BCUT2D eigenvalue weighted by molar-refractivity contribution is 7.17. The number of thiophene rings is 1. The van der Waals surface area contributed by atoms with Crippen molar-refractivity contribution in [2.45, 2.75) is 6.92 Å². The van der Waals surface area contributed by atoms with Crippen molar-refractivity contribution < 1.29 is 9.63 Å². The van der Waals surface area contributed by atoms with Gasteiger partial charge < -0.3 is 9.63 Å². The van der Waals surface area contributed by atoms with Crippen LogP contribution in [0.5, 0.6) is 5.75 Å². The predicted molar refractivity (Wildman–Crippen MR) is 61.2 cm³/mol. The van der Waals surface area contributed by atoms with Crippen LogP contribution in [0.4, 0.5) is 5.69 Å². The number of aromatic hydroxyl groups is 1. The van der Waals surface area contributed by atoms with E-state index in [4.69, 9.17) is 4.52 Å². The third-order valence-electron chi connectivity index (χ3n) is 2.54. The van der Waals surface area contributed by atoms with Crippen LogP contribution in [0.25, 0.3) is 21.1 Å². The van der Waals surface area contributed by atoms with Crippen molar-refractivity contribution >= 4 is 38.1 Å². The summed E-state index contributed by atoms with van der Waals surface area (Å²) in [5.41, 5.74) is 0.994. The molecule has 0 bridgehead atoms. The molecule has 0 spiro atoms. The summed E-state index contributed by atoms with van der Waals surface area (Å²) in [7, 11) is 0. The van der Waals surface area contributed by atoms with E-state index < -0.39 is 0 Å². The standard InChI is InChI=1S/C10H6N2O3S/c1-4-6-8(13)10-5(2-3-16-10)7(11-14)9(6)15-12-4/h2-3,13H,1H3. The molecule has 3 rings (SSSR count). The van der Waals surface area contributed by atoms with Gasteiger partial charge in [0.25, 0.3) is 0 Å². The number of phenols is 1. The first-order valence-electron chi connectivity index (χ1n) is 4.55. The SMILES string of the molecule is Cc1noc2c(N=O)c3ccsc3c(O)c12. The number of nitrogens with zero attached hydrogens (tertiary/aromatic N) is 2. The Hall–Kier alpha value is -1.95. The van der Waals surface area contributed by atoms with Crippen molar-refractivity contribution in [1.29, 1.82) is 0 Å².